The van der Waals surface area contributed by atoms with E-state index in [0.29, 0.717) is 11.1 Å². The van der Waals surface area contributed by atoms with Gasteiger partial charge in [-0.25, -0.2) is 4.79 Å². The maximum absolute atomic E-state index is 13.0. The average Bonchev–Trinajstić information content (AvgIpc) is 3.03. The van der Waals surface area contributed by atoms with Crippen LogP contribution in [0, 0.1) is 10.1 Å². The monoisotopic (exact) mass is 492 g/mol. The third-order valence-corrected chi connectivity index (χ3v) is 5.51. The second-order valence-electron chi connectivity index (χ2n) is 7.86. The summed E-state index contributed by atoms with van der Waals surface area (Å²) >= 11 is 0. The van der Waals surface area contributed by atoms with Crippen molar-refractivity contribution < 1.29 is 37.6 Å². The largest absolute Gasteiger partial charge is 0.493 e. The SMILES string of the molecule is COc1cc(CN(C)C(=O)CN2C(=O)NC(C)(c3ccc([N+](=O)[O-])cc3)C2=O)ccc1OC(F)F. The molecule has 3 rings (SSSR count). The molecule has 1 heterocycles. The lowest BCUT2D eigenvalue weighted by molar-refractivity contribution is -0.384. The molecule has 4 amide bonds. The van der Waals surface area contributed by atoms with Crippen LogP contribution in [0.25, 0.3) is 0 Å². The van der Waals surface area contributed by atoms with E-state index in [1.165, 1.54) is 68.4 Å². The molecular weight excluding hydrogens is 470 g/mol. The highest BCUT2D eigenvalue weighted by Gasteiger charge is 2.49. The number of nitro benzene ring substituents is 1. The molecule has 0 spiro atoms. The van der Waals surface area contributed by atoms with E-state index < -0.39 is 41.5 Å². The molecule has 1 N–H and O–H groups in total. The van der Waals surface area contributed by atoms with Crippen LogP contribution in [0.15, 0.2) is 42.5 Å². The zero-order valence-corrected chi connectivity index (χ0v) is 19.0. The first-order valence-corrected chi connectivity index (χ1v) is 10.2. The standard InChI is InChI=1S/C22H22F2N4O7/c1-22(14-5-7-15(8-6-14)28(32)33)19(30)27(21(31)25-22)12-18(29)26(2)11-13-4-9-16(35-20(23)24)17(10-13)34-3/h4-10,20H,11-12H2,1-3H3,(H,25,31). The highest BCUT2D eigenvalue weighted by Crippen LogP contribution is 2.31. The summed E-state index contributed by atoms with van der Waals surface area (Å²) in [7, 11) is 2.73. The zero-order chi connectivity index (χ0) is 25.9. The van der Waals surface area contributed by atoms with Crippen LogP contribution in [-0.2, 0) is 21.7 Å². The van der Waals surface area contributed by atoms with Gasteiger partial charge in [-0.2, -0.15) is 8.78 Å². The van der Waals surface area contributed by atoms with E-state index in [2.05, 4.69) is 10.1 Å². The van der Waals surface area contributed by atoms with Crippen molar-refractivity contribution >= 4 is 23.5 Å². The summed E-state index contributed by atoms with van der Waals surface area (Å²) in [4.78, 5) is 50.6. The van der Waals surface area contributed by atoms with Crippen molar-refractivity contribution in [2.24, 2.45) is 0 Å². The van der Waals surface area contributed by atoms with Crippen LogP contribution >= 0.6 is 0 Å². The third-order valence-electron chi connectivity index (χ3n) is 5.51. The number of benzene rings is 2. The number of nitrogens with one attached hydrogen (secondary N) is 1. The van der Waals surface area contributed by atoms with Crippen molar-refractivity contribution in [1.82, 2.24) is 15.1 Å². The Morgan fingerprint density at radius 2 is 1.86 bits per heavy atom. The molecule has 2 aromatic rings. The topological polar surface area (TPSA) is 131 Å². The quantitative estimate of drug-likeness (QED) is 0.323. The summed E-state index contributed by atoms with van der Waals surface area (Å²) in [5, 5.41) is 13.4. The Morgan fingerprint density at radius 1 is 1.20 bits per heavy atom. The molecule has 1 saturated heterocycles. The molecule has 0 radical (unpaired) electrons. The molecule has 1 unspecified atom stereocenters. The highest BCUT2D eigenvalue weighted by molar-refractivity contribution is 6.09. The fourth-order valence-electron chi connectivity index (χ4n) is 3.57. The van der Waals surface area contributed by atoms with Crippen molar-refractivity contribution in [3.8, 4) is 11.5 Å². The number of non-ortho nitro benzene ring substituents is 1. The van der Waals surface area contributed by atoms with Gasteiger partial charge in [0, 0.05) is 25.7 Å². The Labute approximate surface area is 198 Å². The Balaban J connectivity index is 1.69. The van der Waals surface area contributed by atoms with E-state index in [1.54, 1.807) is 0 Å². The maximum atomic E-state index is 13.0. The number of carbonyl (C=O) groups excluding carboxylic acids is 3. The summed E-state index contributed by atoms with van der Waals surface area (Å²) in [5.74, 6) is -1.36. The van der Waals surface area contributed by atoms with Gasteiger partial charge in [-0.05, 0) is 42.3 Å². The second-order valence-corrected chi connectivity index (χ2v) is 7.86. The van der Waals surface area contributed by atoms with E-state index in [-0.39, 0.29) is 23.7 Å². The van der Waals surface area contributed by atoms with Gasteiger partial charge in [0.1, 0.15) is 12.1 Å². The van der Waals surface area contributed by atoms with Crippen LogP contribution in [0.1, 0.15) is 18.1 Å². The van der Waals surface area contributed by atoms with Crippen molar-refractivity contribution in [1.29, 1.82) is 0 Å². The lowest BCUT2D eigenvalue weighted by Gasteiger charge is -2.23. The van der Waals surface area contributed by atoms with Gasteiger partial charge >= 0.3 is 12.6 Å². The number of rotatable bonds is 9. The van der Waals surface area contributed by atoms with Crippen molar-refractivity contribution in [2.75, 3.05) is 20.7 Å². The molecule has 0 saturated carbocycles. The summed E-state index contributed by atoms with van der Waals surface area (Å²) < 4.78 is 34.4. The molecule has 0 aromatic heterocycles. The summed E-state index contributed by atoms with van der Waals surface area (Å²) in [6.45, 7) is -2.10. The first kappa shape index (κ1) is 25.3. The zero-order valence-electron chi connectivity index (χ0n) is 19.0. The number of amides is 4. The number of carbonyl (C=O) groups is 3. The molecular formula is C22H22F2N4O7. The first-order valence-electron chi connectivity index (χ1n) is 10.2. The second kappa shape index (κ2) is 9.91. The van der Waals surface area contributed by atoms with Gasteiger partial charge in [-0.15, -0.1) is 0 Å². The van der Waals surface area contributed by atoms with E-state index in [9.17, 15) is 33.3 Å². The Bertz CT molecular complexity index is 1160. The van der Waals surface area contributed by atoms with Crippen LogP contribution in [0.2, 0.25) is 0 Å². The fourth-order valence-corrected chi connectivity index (χ4v) is 3.57. The highest BCUT2D eigenvalue weighted by atomic mass is 19.3. The van der Waals surface area contributed by atoms with Crippen molar-refractivity contribution in [3.63, 3.8) is 0 Å². The number of ether oxygens (including phenoxy) is 2. The van der Waals surface area contributed by atoms with Gasteiger partial charge < -0.3 is 19.7 Å². The lowest BCUT2D eigenvalue weighted by Crippen LogP contribution is -2.43. The smallest absolute Gasteiger partial charge is 0.387 e. The van der Waals surface area contributed by atoms with E-state index in [0.717, 1.165) is 4.90 Å². The number of nitrogens with zero attached hydrogens (tertiary/aromatic N) is 3. The van der Waals surface area contributed by atoms with E-state index >= 15 is 0 Å². The molecule has 186 valence electrons. The molecule has 1 aliphatic heterocycles. The van der Waals surface area contributed by atoms with Crippen LogP contribution in [0.5, 0.6) is 11.5 Å². The maximum Gasteiger partial charge on any atom is 0.387 e. The van der Waals surface area contributed by atoms with Crippen LogP contribution in [-0.4, -0.2) is 59.9 Å². The number of likely N-dealkylation sites (N-methyl/N-ethyl adjacent to an activating group) is 1. The number of halogens is 2. The van der Waals surface area contributed by atoms with Crippen molar-refractivity contribution in [3.05, 3.63) is 63.7 Å². The van der Waals surface area contributed by atoms with Gasteiger partial charge in [0.25, 0.3) is 11.6 Å². The number of nitro groups is 1. The summed E-state index contributed by atoms with van der Waals surface area (Å²) in [6.07, 6.45) is 0. The van der Waals surface area contributed by atoms with Gasteiger partial charge in [-0.3, -0.25) is 24.6 Å². The first-order chi connectivity index (χ1) is 16.5. The van der Waals surface area contributed by atoms with E-state index in [1.807, 2.05) is 0 Å². The van der Waals surface area contributed by atoms with Gasteiger partial charge in [0.05, 0.1) is 12.0 Å². The molecule has 1 atom stereocenters. The minimum absolute atomic E-state index is 0.0351. The Kier molecular flexibility index (Phi) is 7.17. The fraction of sp³-hybridized carbons (Fsp3) is 0.318. The molecule has 13 heteroatoms. The van der Waals surface area contributed by atoms with Gasteiger partial charge in [-0.1, -0.05) is 6.07 Å². The predicted molar refractivity (Wildman–Crippen MR) is 117 cm³/mol. The van der Waals surface area contributed by atoms with Crippen molar-refractivity contribution in [2.45, 2.75) is 25.6 Å². The summed E-state index contributed by atoms with van der Waals surface area (Å²) in [6, 6.07) is 8.56. The minimum atomic E-state index is -3.03. The average molecular weight is 492 g/mol. The van der Waals surface area contributed by atoms with Crippen LogP contribution < -0.4 is 14.8 Å². The molecule has 11 nitrogen and oxygen atoms in total. The molecule has 35 heavy (non-hydrogen) atoms. The number of hydrogen-bond acceptors (Lipinski definition) is 7. The van der Waals surface area contributed by atoms with Gasteiger partial charge in [0.2, 0.25) is 5.91 Å². The molecule has 2 aromatic carbocycles. The Morgan fingerprint density at radius 3 is 2.43 bits per heavy atom. The molecule has 0 aliphatic carbocycles. The molecule has 1 fully saturated rings. The normalized spacial score (nSPS) is 17.4. The molecule has 1 aliphatic rings. The number of imide groups is 1. The summed E-state index contributed by atoms with van der Waals surface area (Å²) in [5.41, 5.74) is -0.817. The predicted octanol–water partition coefficient (Wildman–Crippen LogP) is 2.63. The van der Waals surface area contributed by atoms with Gasteiger partial charge in [0.15, 0.2) is 11.5 Å². The number of methoxy groups -OCH3 is 1. The Hall–Kier alpha value is -4.29. The third kappa shape index (κ3) is 5.28. The number of urea groups is 1. The lowest BCUT2D eigenvalue weighted by atomic mass is 9.92. The van der Waals surface area contributed by atoms with E-state index in [4.69, 9.17) is 4.74 Å². The number of alkyl halides is 2. The number of hydrogen-bond donors (Lipinski definition) is 1. The minimum Gasteiger partial charge on any atom is -0.493 e. The van der Waals surface area contributed by atoms with Crippen LogP contribution in [0.3, 0.4) is 0 Å². The molecule has 0 bridgehead atoms. The van der Waals surface area contributed by atoms with Crippen LogP contribution in [0.4, 0.5) is 19.3 Å².